The van der Waals surface area contributed by atoms with Crippen molar-refractivity contribution >= 4 is 28.8 Å². The molecule has 0 aliphatic carbocycles. The number of nitrogens with one attached hydrogen (secondary N) is 1. The van der Waals surface area contributed by atoms with Gasteiger partial charge in [0, 0.05) is 5.56 Å². The molecule has 3 aromatic rings. The topological polar surface area (TPSA) is 38.3 Å². The van der Waals surface area contributed by atoms with E-state index in [4.69, 9.17) is 16.3 Å². The number of thiophene rings is 1. The lowest BCUT2D eigenvalue weighted by atomic mass is 10.0. The van der Waals surface area contributed by atoms with E-state index in [-0.39, 0.29) is 11.9 Å². The molecule has 1 N–H and O–H groups in total. The first-order valence-electron chi connectivity index (χ1n) is 8.77. The van der Waals surface area contributed by atoms with Crippen LogP contribution in [-0.4, -0.2) is 5.91 Å². The van der Waals surface area contributed by atoms with Crippen LogP contribution in [0, 0.1) is 13.8 Å². The van der Waals surface area contributed by atoms with Gasteiger partial charge in [-0.1, -0.05) is 47.5 Å². The first kappa shape index (κ1) is 19.5. The Hall–Kier alpha value is -2.30. The molecule has 0 aliphatic heterocycles. The fraction of sp³-hybridized carbons (Fsp3) is 0.227. The van der Waals surface area contributed by atoms with Crippen LogP contribution in [-0.2, 0) is 6.61 Å². The van der Waals surface area contributed by atoms with Crippen LogP contribution in [0.25, 0.3) is 0 Å². The summed E-state index contributed by atoms with van der Waals surface area (Å²) in [7, 11) is 0. The minimum Gasteiger partial charge on any atom is -0.487 e. The van der Waals surface area contributed by atoms with Crippen molar-refractivity contribution < 1.29 is 9.53 Å². The second-order valence-corrected chi connectivity index (χ2v) is 7.91. The van der Waals surface area contributed by atoms with Crippen molar-refractivity contribution in [2.24, 2.45) is 0 Å². The zero-order chi connectivity index (χ0) is 19.4. The fourth-order valence-electron chi connectivity index (χ4n) is 2.95. The van der Waals surface area contributed by atoms with E-state index < -0.39 is 0 Å². The number of amides is 1. The molecule has 3 rings (SSSR count). The zero-order valence-corrected chi connectivity index (χ0v) is 17.2. The highest BCUT2D eigenvalue weighted by atomic mass is 35.5. The van der Waals surface area contributed by atoms with Gasteiger partial charge in [0.25, 0.3) is 5.91 Å². The molecule has 140 valence electrons. The summed E-state index contributed by atoms with van der Waals surface area (Å²) in [5.74, 6) is 0.566. The minimum atomic E-state index is -0.0727. The van der Waals surface area contributed by atoms with Crippen molar-refractivity contribution in [3.8, 4) is 5.75 Å². The smallest absolute Gasteiger partial charge is 0.261 e. The molecule has 1 atom stereocenters. The second-order valence-electron chi connectivity index (χ2n) is 6.59. The summed E-state index contributed by atoms with van der Waals surface area (Å²) >= 11 is 7.51. The Morgan fingerprint density at radius 2 is 1.96 bits per heavy atom. The van der Waals surface area contributed by atoms with Crippen LogP contribution in [0.1, 0.15) is 44.9 Å². The predicted octanol–water partition coefficient (Wildman–Crippen LogP) is 6.09. The maximum Gasteiger partial charge on any atom is 0.261 e. The Morgan fingerprint density at radius 3 is 2.70 bits per heavy atom. The molecule has 1 heterocycles. The van der Waals surface area contributed by atoms with Crippen LogP contribution in [0.4, 0.5) is 0 Å². The van der Waals surface area contributed by atoms with Gasteiger partial charge in [0.15, 0.2) is 0 Å². The van der Waals surface area contributed by atoms with E-state index in [0.29, 0.717) is 22.3 Å². The summed E-state index contributed by atoms with van der Waals surface area (Å²) in [5, 5.41) is 5.59. The molecular weight excluding hydrogens is 378 g/mol. The maximum atomic E-state index is 12.6. The monoisotopic (exact) mass is 399 g/mol. The van der Waals surface area contributed by atoms with Crippen LogP contribution in [0.5, 0.6) is 5.75 Å². The maximum absolute atomic E-state index is 12.6. The highest BCUT2D eigenvalue weighted by molar-refractivity contribution is 7.12. The lowest BCUT2D eigenvalue weighted by molar-refractivity contribution is 0.0944. The highest BCUT2D eigenvalue weighted by Gasteiger charge is 2.15. The third kappa shape index (κ3) is 4.90. The molecule has 0 fully saturated rings. The Bertz CT molecular complexity index is 951. The highest BCUT2D eigenvalue weighted by Crippen LogP contribution is 2.25. The van der Waals surface area contributed by atoms with Crippen molar-refractivity contribution in [2.45, 2.75) is 33.4 Å². The molecule has 0 saturated heterocycles. The summed E-state index contributed by atoms with van der Waals surface area (Å²) in [4.78, 5) is 13.3. The number of ether oxygens (including phenoxy) is 1. The summed E-state index contributed by atoms with van der Waals surface area (Å²) in [6, 6.07) is 15.4. The number of rotatable bonds is 6. The minimum absolute atomic E-state index is 0.0528. The molecule has 5 heteroatoms. The molecule has 0 radical (unpaired) electrons. The fourth-order valence-corrected chi connectivity index (χ4v) is 3.94. The van der Waals surface area contributed by atoms with Gasteiger partial charge in [-0.2, -0.15) is 0 Å². The number of carbonyl (C=O) groups is 1. The van der Waals surface area contributed by atoms with Crippen molar-refractivity contribution in [3.05, 3.63) is 86.1 Å². The van der Waals surface area contributed by atoms with Gasteiger partial charge >= 0.3 is 0 Å². The van der Waals surface area contributed by atoms with Gasteiger partial charge in [0.05, 0.1) is 15.9 Å². The Balaban J connectivity index is 1.62. The van der Waals surface area contributed by atoms with E-state index >= 15 is 0 Å². The van der Waals surface area contributed by atoms with Crippen molar-refractivity contribution in [3.63, 3.8) is 0 Å². The van der Waals surface area contributed by atoms with Gasteiger partial charge in [0.1, 0.15) is 12.4 Å². The second kappa shape index (κ2) is 8.59. The summed E-state index contributed by atoms with van der Waals surface area (Å²) < 4.78 is 5.74. The number of halogens is 1. The molecule has 1 amide bonds. The van der Waals surface area contributed by atoms with E-state index in [9.17, 15) is 4.79 Å². The average Bonchev–Trinajstić information content (AvgIpc) is 3.10. The number of aryl methyl sites for hydroxylation is 2. The standard InChI is InChI=1S/C22H22ClNO2S/c1-14-8-9-18(15(2)10-14)16(3)24-22(25)21-11-17(13-27-21)12-26-20-7-5-4-6-19(20)23/h4-11,13,16H,12H2,1-3H3,(H,24,25). The number of hydrogen-bond acceptors (Lipinski definition) is 3. The number of carbonyl (C=O) groups excluding carboxylic acids is 1. The Kier molecular flexibility index (Phi) is 6.19. The van der Waals surface area contributed by atoms with E-state index in [1.165, 1.54) is 22.5 Å². The van der Waals surface area contributed by atoms with Gasteiger partial charge in [-0.25, -0.2) is 0 Å². The third-order valence-electron chi connectivity index (χ3n) is 4.35. The number of para-hydroxylation sites is 1. The molecule has 2 aromatic carbocycles. The zero-order valence-electron chi connectivity index (χ0n) is 15.6. The number of hydrogen-bond donors (Lipinski definition) is 1. The summed E-state index contributed by atoms with van der Waals surface area (Å²) in [6.07, 6.45) is 0. The molecule has 1 aromatic heterocycles. The normalized spacial score (nSPS) is 11.9. The predicted molar refractivity (Wildman–Crippen MR) is 112 cm³/mol. The van der Waals surface area contributed by atoms with E-state index in [1.54, 1.807) is 6.07 Å². The van der Waals surface area contributed by atoms with Gasteiger partial charge in [0.2, 0.25) is 0 Å². The lowest BCUT2D eigenvalue weighted by Gasteiger charge is -2.16. The van der Waals surface area contributed by atoms with Crippen molar-refractivity contribution in [1.82, 2.24) is 5.32 Å². The van der Waals surface area contributed by atoms with E-state index in [2.05, 4.69) is 37.4 Å². The van der Waals surface area contributed by atoms with Crippen molar-refractivity contribution in [2.75, 3.05) is 0 Å². The number of benzene rings is 2. The molecule has 0 aliphatic rings. The Morgan fingerprint density at radius 1 is 1.19 bits per heavy atom. The van der Waals surface area contributed by atoms with Crippen molar-refractivity contribution in [1.29, 1.82) is 0 Å². The van der Waals surface area contributed by atoms with Crippen LogP contribution in [0.15, 0.2) is 53.9 Å². The van der Waals surface area contributed by atoms with Crippen LogP contribution in [0.2, 0.25) is 5.02 Å². The molecule has 3 nitrogen and oxygen atoms in total. The summed E-state index contributed by atoms with van der Waals surface area (Å²) in [5.41, 5.74) is 4.48. The first-order chi connectivity index (χ1) is 12.9. The third-order valence-corrected chi connectivity index (χ3v) is 5.64. The van der Waals surface area contributed by atoms with E-state index in [1.807, 2.05) is 36.6 Å². The molecule has 1 unspecified atom stereocenters. The van der Waals surface area contributed by atoms with E-state index in [0.717, 1.165) is 11.1 Å². The largest absolute Gasteiger partial charge is 0.487 e. The molecule has 27 heavy (non-hydrogen) atoms. The van der Waals surface area contributed by atoms with Crippen LogP contribution < -0.4 is 10.1 Å². The van der Waals surface area contributed by atoms with Gasteiger partial charge in [-0.15, -0.1) is 11.3 Å². The Labute approximate surface area is 169 Å². The SMILES string of the molecule is Cc1ccc(C(C)NC(=O)c2cc(COc3ccccc3Cl)cs2)c(C)c1. The first-order valence-corrected chi connectivity index (χ1v) is 10.0. The van der Waals surface area contributed by atoms with Gasteiger partial charge < -0.3 is 10.1 Å². The van der Waals surface area contributed by atoms with Crippen LogP contribution >= 0.6 is 22.9 Å². The lowest BCUT2D eigenvalue weighted by Crippen LogP contribution is -2.26. The quantitative estimate of drug-likeness (QED) is 0.544. The molecule has 0 bridgehead atoms. The molecule has 0 saturated carbocycles. The van der Waals surface area contributed by atoms with Crippen LogP contribution in [0.3, 0.4) is 0 Å². The molecular formula is C22H22ClNO2S. The van der Waals surface area contributed by atoms with Gasteiger partial charge in [-0.05, 0) is 55.5 Å². The molecule has 0 spiro atoms. The summed E-state index contributed by atoms with van der Waals surface area (Å²) in [6.45, 7) is 6.52. The van der Waals surface area contributed by atoms with Gasteiger partial charge in [-0.3, -0.25) is 4.79 Å². The average molecular weight is 400 g/mol.